The summed E-state index contributed by atoms with van der Waals surface area (Å²) in [5.74, 6) is 0.493. The van der Waals surface area contributed by atoms with E-state index in [0.29, 0.717) is 0 Å². The zero-order valence-corrected chi connectivity index (χ0v) is 6.10. The highest BCUT2D eigenvalue weighted by Crippen LogP contribution is 2.01. The molecule has 0 amide bonds. The van der Waals surface area contributed by atoms with Gasteiger partial charge in [-0.2, -0.15) is 0 Å². The van der Waals surface area contributed by atoms with Gasteiger partial charge in [0.05, 0.1) is 0 Å². The molecule has 2 nitrogen and oxygen atoms in total. The zero-order valence-electron chi connectivity index (χ0n) is 6.10. The largest absolute Gasteiger partial charge is 0.432 e. The van der Waals surface area contributed by atoms with Gasteiger partial charge in [-0.1, -0.05) is 6.92 Å². The van der Waals surface area contributed by atoms with Crippen LogP contribution in [0.4, 0.5) is 0 Å². The molecule has 0 radical (unpaired) electrons. The van der Waals surface area contributed by atoms with Gasteiger partial charge < -0.3 is 4.74 Å². The fraction of sp³-hybridized carbons (Fsp3) is 0.571. The maximum atomic E-state index is 10.3. The van der Waals surface area contributed by atoms with Crippen LogP contribution in [0.25, 0.3) is 0 Å². The molecular formula is C7H12O2. The predicted molar refractivity (Wildman–Crippen MR) is 35.8 cm³/mol. The minimum absolute atomic E-state index is 0.245. The number of hydrogen-bond donors (Lipinski definition) is 0. The molecule has 0 heterocycles. The first-order valence-electron chi connectivity index (χ1n) is 3.04. The topological polar surface area (TPSA) is 26.3 Å². The van der Waals surface area contributed by atoms with Crippen LogP contribution in [0, 0.1) is 0 Å². The third kappa shape index (κ3) is 3.76. The van der Waals surface area contributed by atoms with Crippen molar-refractivity contribution in [2.24, 2.45) is 0 Å². The number of rotatable bonds is 2. The number of carbonyl (C=O) groups excluding carboxylic acids is 1. The molecule has 0 rings (SSSR count). The summed E-state index contributed by atoms with van der Waals surface area (Å²) in [5.41, 5.74) is 0. The second-order valence-electron chi connectivity index (χ2n) is 1.70. The first-order chi connectivity index (χ1) is 4.20. The van der Waals surface area contributed by atoms with Gasteiger partial charge in [0.25, 0.3) is 0 Å². The molecule has 0 atom stereocenters. The van der Waals surface area contributed by atoms with E-state index in [1.54, 1.807) is 6.08 Å². The Morgan fingerprint density at radius 2 is 2.22 bits per heavy atom. The smallest absolute Gasteiger partial charge is 0.307 e. The molecule has 0 aromatic rings. The van der Waals surface area contributed by atoms with Crippen molar-refractivity contribution in [2.75, 3.05) is 0 Å². The molecule has 0 fully saturated rings. The van der Waals surface area contributed by atoms with Crippen LogP contribution in [0.3, 0.4) is 0 Å². The van der Waals surface area contributed by atoms with Gasteiger partial charge in [-0.05, 0) is 13.0 Å². The first kappa shape index (κ1) is 8.21. The monoisotopic (exact) mass is 128 g/mol. The van der Waals surface area contributed by atoms with Crippen molar-refractivity contribution in [3.8, 4) is 0 Å². The van der Waals surface area contributed by atoms with Gasteiger partial charge in [0.1, 0.15) is 5.76 Å². The second-order valence-corrected chi connectivity index (χ2v) is 1.70. The van der Waals surface area contributed by atoms with Crippen LogP contribution in [-0.4, -0.2) is 5.97 Å². The van der Waals surface area contributed by atoms with Crippen molar-refractivity contribution < 1.29 is 9.53 Å². The quantitative estimate of drug-likeness (QED) is 0.419. The molecule has 0 aliphatic heterocycles. The molecule has 0 aromatic heterocycles. The van der Waals surface area contributed by atoms with Crippen LogP contribution in [0.1, 0.15) is 27.2 Å². The first-order valence-corrected chi connectivity index (χ1v) is 3.04. The molecule has 0 spiro atoms. The summed E-state index contributed by atoms with van der Waals surface area (Å²) in [4.78, 5) is 10.3. The van der Waals surface area contributed by atoms with E-state index in [2.05, 4.69) is 0 Å². The Morgan fingerprint density at radius 3 is 2.33 bits per heavy atom. The lowest BCUT2D eigenvalue weighted by molar-refractivity contribution is -0.137. The predicted octanol–water partition coefficient (Wildman–Crippen LogP) is 1.86. The van der Waals surface area contributed by atoms with Crippen LogP contribution in [0.2, 0.25) is 0 Å². The van der Waals surface area contributed by atoms with Crippen LogP contribution in [0.5, 0.6) is 0 Å². The summed E-state index contributed by atoms with van der Waals surface area (Å²) in [7, 11) is 0. The number of ether oxygens (including phenoxy) is 1. The highest BCUT2D eigenvalue weighted by atomic mass is 16.5. The van der Waals surface area contributed by atoms with Crippen molar-refractivity contribution in [3.63, 3.8) is 0 Å². The molecule has 0 saturated carbocycles. The molecule has 0 aliphatic rings. The van der Waals surface area contributed by atoms with E-state index in [-0.39, 0.29) is 5.97 Å². The number of hydrogen-bond acceptors (Lipinski definition) is 2. The molecule has 2 heteroatoms. The third-order valence-electron chi connectivity index (χ3n) is 0.945. The average molecular weight is 128 g/mol. The minimum atomic E-state index is -0.245. The normalized spacial score (nSPS) is 11.2. The molecule has 9 heavy (non-hydrogen) atoms. The SMILES string of the molecule is C/C=C(\CC)OC(C)=O. The van der Waals surface area contributed by atoms with E-state index >= 15 is 0 Å². The standard InChI is InChI=1S/C7H12O2/c1-4-7(5-2)9-6(3)8/h4H,5H2,1-3H3/b7-4+. The molecule has 0 N–H and O–H groups in total. The Balaban J connectivity index is 3.71. The van der Waals surface area contributed by atoms with Crippen LogP contribution in [0.15, 0.2) is 11.8 Å². The van der Waals surface area contributed by atoms with Crippen LogP contribution >= 0.6 is 0 Å². The van der Waals surface area contributed by atoms with Gasteiger partial charge in [0.15, 0.2) is 0 Å². The summed E-state index contributed by atoms with van der Waals surface area (Å²) in [6.45, 7) is 5.19. The lowest BCUT2D eigenvalue weighted by Gasteiger charge is -2.00. The molecular weight excluding hydrogens is 116 g/mol. The fourth-order valence-electron chi connectivity index (χ4n) is 0.520. The fourth-order valence-corrected chi connectivity index (χ4v) is 0.520. The minimum Gasteiger partial charge on any atom is -0.432 e. The molecule has 0 aromatic carbocycles. The second kappa shape index (κ2) is 4.13. The van der Waals surface area contributed by atoms with Crippen LogP contribution < -0.4 is 0 Å². The van der Waals surface area contributed by atoms with Crippen molar-refractivity contribution in [1.82, 2.24) is 0 Å². The van der Waals surface area contributed by atoms with E-state index in [9.17, 15) is 4.79 Å². The van der Waals surface area contributed by atoms with Crippen molar-refractivity contribution in [3.05, 3.63) is 11.8 Å². The van der Waals surface area contributed by atoms with Crippen LogP contribution in [-0.2, 0) is 9.53 Å². The van der Waals surface area contributed by atoms with E-state index < -0.39 is 0 Å². The summed E-state index contributed by atoms with van der Waals surface area (Å²) in [5, 5.41) is 0. The Bertz CT molecular complexity index is 125. The zero-order chi connectivity index (χ0) is 7.28. The molecule has 0 unspecified atom stereocenters. The Kier molecular flexibility index (Phi) is 3.76. The van der Waals surface area contributed by atoms with E-state index in [4.69, 9.17) is 4.74 Å². The third-order valence-corrected chi connectivity index (χ3v) is 0.945. The van der Waals surface area contributed by atoms with Crippen molar-refractivity contribution in [2.45, 2.75) is 27.2 Å². The van der Waals surface area contributed by atoms with Gasteiger partial charge in [-0.3, -0.25) is 4.79 Å². The number of allylic oxidation sites excluding steroid dienone is 2. The Hall–Kier alpha value is -0.790. The van der Waals surface area contributed by atoms with Gasteiger partial charge in [-0.15, -0.1) is 0 Å². The summed E-state index contributed by atoms with van der Waals surface area (Å²) < 4.78 is 4.77. The van der Waals surface area contributed by atoms with E-state index in [1.807, 2.05) is 13.8 Å². The highest BCUT2D eigenvalue weighted by molar-refractivity contribution is 5.67. The average Bonchev–Trinajstić information content (AvgIpc) is 1.82. The molecule has 0 saturated heterocycles. The van der Waals surface area contributed by atoms with Crippen molar-refractivity contribution >= 4 is 5.97 Å². The molecule has 52 valence electrons. The van der Waals surface area contributed by atoms with E-state index in [0.717, 1.165) is 12.2 Å². The van der Waals surface area contributed by atoms with Gasteiger partial charge >= 0.3 is 5.97 Å². The van der Waals surface area contributed by atoms with Gasteiger partial charge in [0.2, 0.25) is 0 Å². The Labute approximate surface area is 55.5 Å². The lowest BCUT2D eigenvalue weighted by Crippen LogP contribution is -1.96. The number of esters is 1. The van der Waals surface area contributed by atoms with Gasteiger partial charge in [-0.25, -0.2) is 0 Å². The Morgan fingerprint density at radius 1 is 1.67 bits per heavy atom. The maximum absolute atomic E-state index is 10.3. The van der Waals surface area contributed by atoms with E-state index in [1.165, 1.54) is 6.92 Å². The number of carbonyl (C=O) groups is 1. The summed E-state index contributed by atoms with van der Waals surface area (Å²) >= 11 is 0. The van der Waals surface area contributed by atoms with Gasteiger partial charge in [0, 0.05) is 13.3 Å². The summed E-state index contributed by atoms with van der Waals surface area (Å²) in [6.07, 6.45) is 2.57. The summed E-state index contributed by atoms with van der Waals surface area (Å²) in [6, 6.07) is 0. The maximum Gasteiger partial charge on any atom is 0.307 e. The van der Waals surface area contributed by atoms with Crippen molar-refractivity contribution in [1.29, 1.82) is 0 Å². The molecule has 0 aliphatic carbocycles. The lowest BCUT2D eigenvalue weighted by atomic mass is 10.4. The highest BCUT2D eigenvalue weighted by Gasteiger charge is 1.95. The molecule has 0 bridgehead atoms.